The zero-order valence-electron chi connectivity index (χ0n) is 19.1. The SMILES string of the molecule is c1cc2ccc3cc4c(sc5c6cc7ccc8cccc9ccc(c6sc45)c7c89)c4ccc(c1)c2c34. The Kier molecular flexibility index (Phi) is 3.07. The third-order valence-corrected chi connectivity index (χ3v) is 11.0. The molecule has 0 unspecified atom stereocenters. The fourth-order valence-corrected chi connectivity index (χ4v) is 9.61. The van der Waals surface area contributed by atoms with Crippen molar-refractivity contribution >= 4 is 117 Å². The van der Waals surface area contributed by atoms with E-state index in [0.29, 0.717) is 0 Å². The first-order chi connectivity index (χ1) is 17.8. The third kappa shape index (κ3) is 2.01. The topological polar surface area (TPSA) is 0 Å². The number of hydrogen-bond donors (Lipinski definition) is 0. The van der Waals surface area contributed by atoms with E-state index >= 15 is 0 Å². The predicted octanol–water partition coefficient (Wildman–Crippen LogP) is 11.1. The van der Waals surface area contributed by atoms with E-state index in [4.69, 9.17) is 0 Å². The smallest absolute Gasteiger partial charge is 0.0542 e. The average Bonchev–Trinajstić information content (AvgIpc) is 3.46. The number of fused-ring (bicyclic) bond motifs is 7. The van der Waals surface area contributed by atoms with Gasteiger partial charge in [0.25, 0.3) is 0 Å². The first kappa shape index (κ1) is 18.3. The average molecular weight is 489 g/mol. The Morgan fingerprint density at radius 2 is 0.694 bits per heavy atom. The summed E-state index contributed by atoms with van der Waals surface area (Å²) < 4.78 is 5.72. The van der Waals surface area contributed by atoms with Gasteiger partial charge in [-0.25, -0.2) is 0 Å². The Balaban J connectivity index is 1.42. The molecule has 0 bridgehead atoms. The number of hydrogen-bond acceptors (Lipinski definition) is 2. The molecule has 0 nitrogen and oxygen atoms in total. The molecule has 10 aromatic rings. The van der Waals surface area contributed by atoms with Crippen LogP contribution in [-0.2, 0) is 0 Å². The van der Waals surface area contributed by atoms with Gasteiger partial charge in [-0.2, -0.15) is 0 Å². The van der Waals surface area contributed by atoms with E-state index in [-0.39, 0.29) is 0 Å². The van der Waals surface area contributed by atoms with Gasteiger partial charge >= 0.3 is 0 Å². The number of rotatable bonds is 0. The van der Waals surface area contributed by atoms with E-state index in [0.717, 1.165) is 0 Å². The maximum atomic E-state index is 2.45. The molecular formula is C34H16S2. The van der Waals surface area contributed by atoms with Crippen molar-refractivity contribution in [1.82, 2.24) is 0 Å². The van der Waals surface area contributed by atoms with Crippen LogP contribution in [0, 0.1) is 0 Å². The molecular weight excluding hydrogens is 473 g/mol. The minimum absolute atomic E-state index is 1.33. The second kappa shape index (κ2) is 6.04. The number of thiophene rings is 2. The lowest BCUT2D eigenvalue weighted by Gasteiger charge is -2.12. The van der Waals surface area contributed by atoms with Crippen LogP contribution in [0.3, 0.4) is 0 Å². The maximum Gasteiger partial charge on any atom is 0.0542 e. The molecule has 0 aliphatic rings. The van der Waals surface area contributed by atoms with Gasteiger partial charge in [-0.15, -0.1) is 22.7 Å². The first-order valence-electron chi connectivity index (χ1n) is 12.4. The van der Waals surface area contributed by atoms with E-state index in [1.54, 1.807) is 0 Å². The Bertz CT molecular complexity index is 2310. The van der Waals surface area contributed by atoms with Crippen LogP contribution >= 0.6 is 22.7 Å². The summed E-state index contributed by atoms with van der Waals surface area (Å²) >= 11 is 3.97. The highest BCUT2D eigenvalue weighted by Gasteiger charge is 2.20. The highest BCUT2D eigenvalue weighted by molar-refractivity contribution is 7.37. The third-order valence-electron chi connectivity index (χ3n) is 8.30. The minimum atomic E-state index is 1.33. The lowest BCUT2D eigenvalue weighted by molar-refractivity contribution is 1.82. The molecule has 2 heteroatoms. The molecule has 0 saturated carbocycles. The summed E-state index contributed by atoms with van der Waals surface area (Å²) in [6, 6.07) is 36.7. The van der Waals surface area contributed by atoms with Crippen molar-refractivity contribution in [2.24, 2.45) is 0 Å². The molecule has 8 aromatic carbocycles. The lowest BCUT2D eigenvalue weighted by Crippen LogP contribution is -1.83. The van der Waals surface area contributed by atoms with Gasteiger partial charge in [0.2, 0.25) is 0 Å². The Hall–Kier alpha value is -3.98. The molecule has 0 aliphatic heterocycles. The quantitative estimate of drug-likeness (QED) is 0.186. The van der Waals surface area contributed by atoms with E-state index in [2.05, 4.69) is 97.1 Å². The van der Waals surface area contributed by atoms with Gasteiger partial charge in [-0.3, -0.25) is 0 Å². The van der Waals surface area contributed by atoms with Gasteiger partial charge < -0.3 is 0 Å². The molecule has 0 fully saturated rings. The van der Waals surface area contributed by atoms with Crippen molar-refractivity contribution < 1.29 is 0 Å². The van der Waals surface area contributed by atoms with Crippen LogP contribution in [-0.4, -0.2) is 0 Å². The second-order valence-electron chi connectivity index (χ2n) is 10.1. The van der Waals surface area contributed by atoms with Crippen LogP contribution in [0.15, 0.2) is 97.1 Å². The van der Waals surface area contributed by atoms with Gasteiger partial charge in [-0.1, -0.05) is 84.9 Å². The molecule has 164 valence electrons. The highest BCUT2D eigenvalue weighted by Crippen LogP contribution is 2.51. The Labute approximate surface area is 213 Å². The zero-order chi connectivity index (χ0) is 23.1. The van der Waals surface area contributed by atoms with Crippen LogP contribution in [0.5, 0.6) is 0 Å². The molecule has 0 aliphatic carbocycles. The summed E-state index contributed by atoms with van der Waals surface area (Å²) in [6.07, 6.45) is 0. The van der Waals surface area contributed by atoms with E-state index < -0.39 is 0 Å². The van der Waals surface area contributed by atoms with E-state index in [1.807, 2.05) is 22.7 Å². The minimum Gasteiger partial charge on any atom is -0.133 e. The van der Waals surface area contributed by atoms with Gasteiger partial charge in [0.15, 0.2) is 0 Å². The fourth-order valence-electron chi connectivity index (χ4n) is 6.78. The van der Waals surface area contributed by atoms with Crippen LogP contribution < -0.4 is 0 Å². The predicted molar refractivity (Wildman–Crippen MR) is 162 cm³/mol. The monoisotopic (exact) mass is 488 g/mol. The molecule has 0 radical (unpaired) electrons. The van der Waals surface area contributed by atoms with Crippen LogP contribution in [0.4, 0.5) is 0 Å². The normalized spacial score (nSPS) is 13.0. The fraction of sp³-hybridized carbons (Fsp3) is 0. The summed E-state index contributed by atoms with van der Waals surface area (Å²) in [6.45, 7) is 0. The molecule has 0 atom stereocenters. The molecule has 0 N–H and O–H groups in total. The summed E-state index contributed by atoms with van der Waals surface area (Å²) in [7, 11) is 0. The van der Waals surface area contributed by atoms with Crippen molar-refractivity contribution in [3.63, 3.8) is 0 Å². The zero-order valence-corrected chi connectivity index (χ0v) is 20.7. The highest BCUT2D eigenvalue weighted by atomic mass is 32.1. The first-order valence-corrected chi connectivity index (χ1v) is 14.0. The largest absolute Gasteiger partial charge is 0.133 e. The van der Waals surface area contributed by atoms with Crippen molar-refractivity contribution in [3.05, 3.63) is 97.1 Å². The Morgan fingerprint density at radius 3 is 1.14 bits per heavy atom. The van der Waals surface area contributed by atoms with Crippen LogP contribution in [0.1, 0.15) is 0 Å². The van der Waals surface area contributed by atoms with Crippen molar-refractivity contribution in [2.75, 3.05) is 0 Å². The van der Waals surface area contributed by atoms with Crippen LogP contribution in [0.25, 0.3) is 94.2 Å². The summed E-state index contributed by atoms with van der Waals surface area (Å²) in [5.41, 5.74) is 0. The van der Waals surface area contributed by atoms with E-state index in [1.165, 1.54) is 94.2 Å². The summed E-state index contributed by atoms with van der Waals surface area (Å²) in [4.78, 5) is 0. The van der Waals surface area contributed by atoms with Crippen LogP contribution in [0.2, 0.25) is 0 Å². The molecule has 10 rings (SSSR count). The molecule has 2 heterocycles. The lowest BCUT2D eigenvalue weighted by atomic mass is 9.93. The molecule has 2 aromatic heterocycles. The molecule has 0 saturated heterocycles. The molecule has 0 spiro atoms. The van der Waals surface area contributed by atoms with Gasteiger partial charge in [0.05, 0.1) is 9.40 Å². The van der Waals surface area contributed by atoms with E-state index in [9.17, 15) is 0 Å². The van der Waals surface area contributed by atoms with Crippen molar-refractivity contribution in [1.29, 1.82) is 0 Å². The van der Waals surface area contributed by atoms with Gasteiger partial charge in [0.1, 0.15) is 0 Å². The number of benzene rings is 8. The summed E-state index contributed by atoms with van der Waals surface area (Å²) in [5, 5.41) is 19.3. The van der Waals surface area contributed by atoms with Gasteiger partial charge in [-0.05, 0) is 66.0 Å². The van der Waals surface area contributed by atoms with Crippen molar-refractivity contribution in [2.45, 2.75) is 0 Å². The van der Waals surface area contributed by atoms with Gasteiger partial charge in [0, 0.05) is 30.9 Å². The van der Waals surface area contributed by atoms with Crippen molar-refractivity contribution in [3.8, 4) is 0 Å². The standard InChI is InChI=1S/C34H16S2/c1-3-17-7-9-21-15-25-31(23-13-11-19(5-1)27(17)29(21)23)35-34-26-16-22-10-8-18-4-2-6-20-12-14-24(30(22)28(18)20)32(26)36-33(25)34/h1-16H. The maximum absolute atomic E-state index is 2.45. The molecule has 36 heavy (non-hydrogen) atoms. The second-order valence-corrected chi connectivity index (χ2v) is 12.1. The molecule has 0 amide bonds. The summed E-state index contributed by atoms with van der Waals surface area (Å²) in [5.74, 6) is 0. The Morgan fingerprint density at radius 1 is 0.306 bits per heavy atom.